The van der Waals surface area contributed by atoms with Crippen molar-refractivity contribution in [3.8, 4) is 17.0 Å². The van der Waals surface area contributed by atoms with Crippen LogP contribution in [-0.2, 0) is 6.61 Å². The van der Waals surface area contributed by atoms with Gasteiger partial charge in [-0.15, -0.1) is 0 Å². The predicted octanol–water partition coefficient (Wildman–Crippen LogP) is 2.39. The number of pyridine rings is 1. The molecule has 4 heteroatoms. The molecule has 0 saturated carbocycles. The highest BCUT2D eigenvalue weighted by Crippen LogP contribution is 2.24. The summed E-state index contributed by atoms with van der Waals surface area (Å²) in [6.45, 7) is -0.148. The predicted molar refractivity (Wildman–Crippen MR) is 62.1 cm³/mol. The average molecular weight is 233 g/mol. The molecular weight excluding hydrogens is 221 g/mol. The van der Waals surface area contributed by atoms with Crippen LogP contribution in [0.25, 0.3) is 11.1 Å². The lowest BCUT2D eigenvalue weighted by atomic mass is 10.1. The molecule has 2 rings (SSSR count). The van der Waals surface area contributed by atoms with Gasteiger partial charge >= 0.3 is 0 Å². The maximum absolute atomic E-state index is 12.8. The highest BCUT2D eigenvalue weighted by Gasteiger charge is 2.06. The van der Waals surface area contributed by atoms with Crippen molar-refractivity contribution in [3.63, 3.8) is 0 Å². The van der Waals surface area contributed by atoms with Crippen LogP contribution >= 0.6 is 0 Å². The standard InChI is InChI=1S/C13H12FNO2/c1-17-13-11(8-16)6-10(7-15-13)9-2-4-12(14)5-3-9/h2-7,16H,8H2,1H3. The van der Waals surface area contributed by atoms with Crippen LogP contribution in [0.3, 0.4) is 0 Å². The lowest BCUT2D eigenvalue weighted by Gasteiger charge is -2.07. The van der Waals surface area contributed by atoms with Crippen molar-refractivity contribution in [1.82, 2.24) is 4.98 Å². The van der Waals surface area contributed by atoms with E-state index in [1.54, 1.807) is 24.4 Å². The van der Waals surface area contributed by atoms with Gasteiger partial charge in [0.05, 0.1) is 13.7 Å². The summed E-state index contributed by atoms with van der Waals surface area (Å²) in [4.78, 5) is 4.09. The first-order valence-electron chi connectivity index (χ1n) is 5.14. The number of ether oxygens (including phenoxy) is 1. The van der Waals surface area contributed by atoms with E-state index in [0.717, 1.165) is 11.1 Å². The number of nitrogens with zero attached hydrogens (tertiary/aromatic N) is 1. The van der Waals surface area contributed by atoms with Crippen LogP contribution in [0.15, 0.2) is 36.5 Å². The molecule has 0 bridgehead atoms. The zero-order valence-corrected chi connectivity index (χ0v) is 9.35. The highest BCUT2D eigenvalue weighted by molar-refractivity contribution is 5.63. The largest absolute Gasteiger partial charge is 0.481 e. The molecule has 0 aliphatic rings. The Labute approximate surface area is 98.5 Å². The molecule has 0 unspecified atom stereocenters. The van der Waals surface area contributed by atoms with Gasteiger partial charge in [-0.25, -0.2) is 9.37 Å². The van der Waals surface area contributed by atoms with E-state index < -0.39 is 0 Å². The summed E-state index contributed by atoms with van der Waals surface area (Å²) in [7, 11) is 1.50. The number of aliphatic hydroxyl groups excluding tert-OH is 1. The van der Waals surface area contributed by atoms with Gasteiger partial charge in [0.1, 0.15) is 5.82 Å². The summed E-state index contributed by atoms with van der Waals surface area (Å²) in [6, 6.07) is 7.88. The van der Waals surface area contributed by atoms with Crippen molar-refractivity contribution < 1.29 is 14.2 Å². The molecule has 17 heavy (non-hydrogen) atoms. The fourth-order valence-corrected chi connectivity index (χ4v) is 1.60. The van der Waals surface area contributed by atoms with Crippen LogP contribution < -0.4 is 4.74 Å². The SMILES string of the molecule is COc1ncc(-c2ccc(F)cc2)cc1CO. The minimum absolute atomic E-state index is 0.148. The molecule has 0 atom stereocenters. The van der Waals surface area contributed by atoms with Crippen molar-refractivity contribution in [2.75, 3.05) is 7.11 Å². The molecule has 3 nitrogen and oxygen atoms in total. The zero-order valence-electron chi connectivity index (χ0n) is 9.35. The fourth-order valence-electron chi connectivity index (χ4n) is 1.60. The van der Waals surface area contributed by atoms with Gasteiger partial charge in [0, 0.05) is 17.3 Å². The minimum atomic E-state index is -0.280. The lowest BCUT2D eigenvalue weighted by molar-refractivity contribution is 0.271. The van der Waals surface area contributed by atoms with Gasteiger partial charge in [0.2, 0.25) is 5.88 Å². The molecular formula is C13H12FNO2. The Bertz CT molecular complexity index is 511. The second kappa shape index (κ2) is 4.93. The Balaban J connectivity index is 2.42. The smallest absolute Gasteiger partial charge is 0.218 e. The summed E-state index contributed by atoms with van der Waals surface area (Å²) >= 11 is 0. The average Bonchev–Trinajstić information content (AvgIpc) is 2.39. The van der Waals surface area contributed by atoms with Crippen LogP contribution in [0.1, 0.15) is 5.56 Å². The van der Waals surface area contributed by atoms with Crippen molar-refractivity contribution in [2.24, 2.45) is 0 Å². The van der Waals surface area contributed by atoms with E-state index in [0.29, 0.717) is 11.4 Å². The van der Waals surface area contributed by atoms with Gasteiger partial charge in [-0.3, -0.25) is 0 Å². The van der Waals surface area contributed by atoms with Gasteiger partial charge in [-0.1, -0.05) is 12.1 Å². The molecule has 0 saturated heterocycles. The van der Waals surface area contributed by atoms with E-state index in [1.807, 2.05) is 0 Å². The van der Waals surface area contributed by atoms with E-state index in [1.165, 1.54) is 19.2 Å². The number of methoxy groups -OCH3 is 1. The molecule has 1 heterocycles. The molecule has 88 valence electrons. The topological polar surface area (TPSA) is 42.4 Å². The van der Waals surface area contributed by atoms with Crippen molar-refractivity contribution in [3.05, 3.63) is 47.9 Å². The van der Waals surface area contributed by atoms with Crippen LogP contribution in [0.2, 0.25) is 0 Å². The zero-order chi connectivity index (χ0) is 12.3. The summed E-state index contributed by atoms with van der Waals surface area (Å²) in [5.74, 6) is 0.121. The van der Waals surface area contributed by atoms with Gasteiger partial charge in [-0.2, -0.15) is 0 Å². The molecule has 0 spiro atoms. The molecule has 0 fully saturated rings. The summed E-state index contributed by atoms with van der Waals surface area (Å²) in [6.07, 6.45) is 1.63. The Morgan fingerprint density at radius 2 is 1.94 bits per heavy atom. The van der Waals surface area contributed by atoms with E-state index in [2.05, 4.69) is 4.98 Å². The first-order valence-corrected chi connectivity index (χ1v) is 5.14. The van der Waals surface area contributed by atoms with Gasteiger partial charge in [0.25, 0.3) is 0 Å². The monoisotopic (exact) mass is 233 g/mol. The first kappa shape index (κ1) is 11.5. The molecule has 2 aromatic rings. The van der Waals surface area contributed by atoms with E-state index in [9.17, 15) is 9.50 Å². The second-order valence-electron chi connectivity index (χ2n) is 3.56. The third-order valence-corrected chi connectivity index (χ3v) is 2.47. The Kier molecular flexibility index (Phi) is 3.35. The third kappa shape index (κ3) is 2.42. The summed E-state index contributed by atoms with van der Waals surface area (Å²) < 4.78 is 17.8. The maximum Gasteiger partial charge on any atom is 0.218 e. The second-order valence-corrected chi connectivity index (χ2v) is 3.56. The van der Waals surface area contributed by atoms with Gasteiger partial charge < -0.3 is 9.84 Å². The molecule has 1 aromatic carbocycles. The normalized spacial score (nSPS) is 10.3. The van der Waals surface area contributed by atoms with Crippen LogP contribution in [0.4, 0.5) is 4.39 Å². The van der Waals surface area contributed by atoms with Crippen molar-refractivity contribution in [2.45, 2.75) is 6.61 Å². The number of halogens is 1. The van der Waals surface area contributed by atoms with Crippen LogP contribution in [-0.4, -0.2) is 17.2 Å². The lowest BCUT2D eigenvalue weighted by Crippen LogP contribution is -1.95. The number of hydrogen-bond donors (Lipinski definition) is 1. The Morgan fingerprint density at radius 3 is 2.53 bits per heavy atom. The maximum atomic E-state index is 12.8. The molecule has 0 aliphatic heterocycles. The highest BCUT2D eigenvalue weighted by atomic mass is 19.1. The number of aliphatic hydroxyl groups is 1. The van der Waals surface area contributed by atoms with E-state index >= 15 is 0 Å². The molecule has 1 N–H and O–H groups in total. The Morgan fingerprint density at radius 1 is 1.24 bits per heavy atom. The van der Waals surface area contributed by atoms with Crippen LogP contribution in [0, 0.1) is 5.82 Å². The molecule has 0 amide bonds. The molecule has 0 aliphatic carbocycles. The number of benzene rings is 1. The molecule has 0 radical (unpaired) electrons. The van der Waals surface area contributed by atoms with Crippen molar-refractivity contribution in [1.29, 1.82) is 0 Å². The fraction of sp³-hybridized carbons (Fsp3) is 0.154. The van der Waals surface area contributed by atoms with E-state index in [4.69, 9.17) is 4.74 Å². The van der Waals surface area contributed by atoms with Crippen molar-refractivity contribution >= 4 is 0 Å². The first-order chi connectivity index (χ1) is 8.24. The summed E-state index contributed by atoms with van der Waals surface area (Å²) in [5, 5.41) is 9.19. The Hall–Kier alpha value is -1.94. The van der Waals surface area contributed by atoms with Crippen LogP contribution in [0.5, 0.6) is 5.88 Å². The quantitative estimate of drug-likeness (QED) is 0.885. The van der Waals surface area contributed by atoms with Gasteiger partial charge in [-0.05, 0) is 23.8 Å². The number of aromatic nitrogens is 1. The van der Waals surface area contributed by atoms with Gasteiger partial charge in [0.15, 0.2) is 0 Å². The van der Waals surface area contributed by atoms with E-state index in [-0.39, 0.29) is 12.4 Å². The minimum Gasteiger partial charge on any atom is -0.481 e. The third-order valence-electron chi connectivity index (χ3n) is 2.47. The number of hydrogen-bond acceptors (Lipinski definition) is 3. The summed E-state index contributed by atoms with van der Waals surface area (Å²) in [5.41, 5.74) is 2.26. The molecule has 1 aromatic heterocycles. The number of rotatable bonds is 3.